The maximum Gasteiger partial charge on any atom is 0.227 e. The lowest BCUT2D eigenvalue weighted by Gasteiger charge is -2.14. The topological polar surface area (TPSA) is 51.8 Å². The molecule has 4 heteroatoms. The van der Waals surface area contributed by atoms with Crippen molar-refractivity contribution in [1.29, 1.82) is 0 Å². The van der Waals surface area contributed by atoms with Crippen LogP contribution in [0.5, 0.6) is 0 Å². The number of aromatic nitrogens is 3. The minimum atomic E-state index is -2.71. The summed E-state index contributed by atoms with van der Waals surface area (Å²) >= 11 is 0. The van der Waals surface area contributed by atoms with E-state index in [1.807, 2.05) is 0 Å². The van der Waals surface area contributed by atoms with Crippen LogP contribution in [0.3, 0.4) is 0 Å². The Morgan fingerprint density at radius 1 is 0.727 bits per heavy atom. The van der Waals surface area contributed by atoms with E-state index < -0.39 is 27.4 Å². The summed E-state index contributed by atoms with van der Waals surface area (Å²) in [6.07, 6.45) is 1.16. The Balaban J connectivity index is 1.66. The summed E-state index contributed by atoms with van der Waals surface area (Å²) < 4.78 is 102. The van der Waals surface area contributed by atoms with Crippen LogP contribution in [0, 0.1) is 27.4 Å². The van der Waals surface area contributed by atoms with Crippen LogP contribution in [-0.4, -0.2) is 15.0 Å². The predicted octanol–water partition coefficient (Wildman–Crippen LogP) is 7.49. The SMILES string of the molecule is [2H]C([2H])([2H])c1ccc2c(-c3cc(-c4cccc5c4oc4nc(C([2H])([2H])[2H])ccc45)ncc3C([2H])([2H])[2H])c(C([2H])([2H])[2H])ccc2n1. The van der Waals surface area contributed by atoms with Crippen molar-refractivity contribution in [3.05, 3.63) is 89.4 Å². The Bertz CT molecular complexity index is 2120. The van der Waals surface area contributed by atoms with E-state index in [2.05, 4.69) is 15.0 Å². The highest BCUT2D eigenvalue weighted by Crippen LogP contribution is 2.38. The summed E-state index contributed by atoms with van der Waals surface area (Å²) in [7, 11) is 0. The van der Waals surface area contributed by atoms with Crippen molar-refractivity contribution >= 4 is 33.0 Å². The average molecular weight is 442 g/mol. The molecule has 33 heavy (non-hydrogen) atoms. The number of aryl methyl sites for hydroxylation is 4. The van der Waals surface area contributed by atoms with E-state index in [-0.39, 0.29) is 56.0 Å². The molecule has 4 aromatic heterocycles. The van der Waals surface area contributed by atoms with Crippen LogP contribution in [0.25, 0.3) is 55.4 Å². The highest BCUT2D eigenvalue weighted by atomic mass is 16.3. The molecule has 4 heterocycles. The summed E-state index contributed by atoms with van der Waals surface area (Å²) in [6.45, 7) is -10.3. The predicted molar refractivity (Wildman–Crippen MR) is 134 cm³/mol. The first-order valence-electron chi connectivity index (χ1n) is 16.1. The van der Waals surface area contributed by atoms with Gasteiger partial charge < -0.3 is 4.42 Å². The molecule has 0 radical (unpaired) electrons. The van der Waals surface area contributed by atoms with Gasteiger partial charge in [0.25, 0.3) is 0 Å². The molecule has 0 saturated carbocycles. The van der Waals surface area contributed by atoms with Crippen LogP contribution >= 0.6 is 0 Å². The monoisotopic (exact) mass is 441 g/mol. The first-order valence-corrected chi connectivity index (χ1v) is 10.1. The number of fused-ring (bicyclic) bond motifs is 4. The van der Waals surface area contributed by atoms with Crippen LogP contribution in [0.2, 0.25) is 0 Å². The number of nitrogens with zero attached hydrogens (tertiary/aromatic N) is 3. The number of hydrogen-bond donors (Lipinski definition) is 0. The largest absolute Gasteiger partial charge is 0.437 e. The molecule has 0 aliphatic rings. The van der Waals surface area contributed by atoms with Crippen LogP contribution in [0.1, 0.15) is 39.0 Å². The van der Waals surface area contributed by atoms with Crippen molar-refractivity contribution in [3.8, 4) is 22.4 Å². The molecule has 4 nitrogen and oxygen atoms in total. The van der Waals surface area contributed by atoms with Crippen molar-refractivity contribution in [1.82, 2.24) is 15.0 Å². The van der Waals surface area contributed by atoms with Crippen molar-refractivity contribution < 1.29 is 20.9 Å². The number of para-hydroxylation sites is 1. The summed E-state index contributed by atoms with van der Waals surface area (Å²) in [5.41, 5.74) is 0.690. The van der Waals surface area contributed by atoms with Gasteiger partial charge in [-0.25, -0.2) is 4.98 Å². The van der Waals surface area contributed by atoms with E-state index in [0.29, 0.717) is 21.9 Å². The van der Waals surface area contributed by atoms with Gasteiger partial charge in [-0.05, 0) is 86.1 Å². The second-order valence-electron chi connectivity index (χ2n) is 7.70. The minimum Gasteiger partial charge on any atom is -0.437 e. The summed E-state index contributed by atoms with van der Waals surface area (Å²) in [4.78, 5) is 12.9. The van der Waals surface area contributed by atoms with Crippen molar-refractivity contribution in [2.24, 2.45) is 0 Å². The number of hydrogen-bond acceptors (Lipinski definition) is 4. The first kappa shape index (κ1) is 10.7. The maximum absolute atomic E-state index is 8.26. The number of rotatable bonds is 2. The smallest absolute Gasteiger partial charge is 0.227 e. The Morgan fingerprint density at radius 3 is 2.42 bits per heavy atom. The van der Waals surface area contributed by atoms with Gasteiger partial charge in [0.1, 0.15) is 5.58 Å². The second kappa shape index (κ2) is 7.24. The fraction of sp³-hybridized carbons (Fsp3) is 0.138. The van der Waals surface area contributed by atoms with Gasteiger partial charge >= 0.3 is 0 Å². The normalized spacial score (nSPS) is 18.5. The lowest BCUT2D eigenvalue weighted by molar-refractivity contribution is 0.653. The van der Waals surface area contributed by atoms with Gasteiger partial charge in [-0.2, -0.15) is 0 Å². The zero-order valence-corrected chi connectivity index (χ0v) is 17.1. The minimum absolute atomic E-state index is 0.0519. The van der Waals surface area contributed by atoms with Crippen molar-refractivity contribution in [2.45, 2.75) is 27.4 Å². The third-order valence-electron chi connectivity index (χ3n) is 5.68. The van der Waals surface area contributed by atoms with E-state index in [1.54, 1.807) is 24.3 Å². The maximum atomic E-state index is 8.26. The number of pyridine rings is 3. The molecule has 0 aliphatic carbocycles. The Labute approximate surface area is 208 Å². The molecule has 6 aromatic rings. The van der Waals surface area contributed by atoms with Crippen LogP contribution in [-0.2, 0) is 0 Å². The van der Waals surface area contributed by atoms with Gasteiger partial charge in [-0.15, -0.1) is 0 Å². The van der Waals surface area contributed by atoms with Gasteiger partial charge in [-0.1, -0.05) is 24.3 Å². The Kier molecular flexibility index (Phi) is 2.35. The van der Waals surface area contributed by atoms with E-state index >= 15 is 0 Å². The lowest BCUT2D eigenvalue weighted by atomic mass is 9.92. The van der Waals surface area contributed by atoms with E-state index in [4.69, 9.17) is 20.9 Å². The molecule has 0 amide bonds. The van der Waals surface area contributed by atoms with Gasteiger partial charge in [0, 0.05) is 55.8 Å². The zero-order valence-electron chi connectivity index (χ0n) is 29.1. The fourth-order valence-electron chi connectivity index (χ4n) is 4.18. The highest BCUT2D eigenvalue weighted by molar-refractivity contribution is 6.08. The Hall–Kier alpha value is -4.05. The summed E-state index contributed by atoms with van der Waals surface area (Å²) in [5.74, 6) is 0. The molecule has 160 valence electrons. The standard InChI is InChI=1S/C29H23N3O/c1-16-8-13-25-22(12-10-18(3)31-25)27(16)24-14-26(30-15-17(24)2)23-7-5-6-20-21-11-9-19(4)32-29(21)33-28(20)23/h5-15H,1-4H3/i1D3,2D3,3D3,4D3. The van der Waals surface area contributed by atoms with Crippen molar-refractivity contribution in [3.63, 3.8) is 0 Å². The van der Waals surface area contributed by atoms with E-state index in [9.17, 15) is 0 Å². The third kappa shape index (κ3) is 3.10. The van der Waals surface area contributed by atoms with Gasteiger partial charge in [0.2, 0.25) is 5.71 Å². The van der Waals surface area contributed by atoms with E-state index in [0.717, 1.165) is 6.20 Å². The molecule has 0 fully saturated rings. The van der Waals surface area contributed by atoms with Crippen LogP contribution in [0.4, 0.5) is 0 Å². The third-order valence-corrected chi connectivity index (χ3v) is 5.68. The average Bonchev–Trinajstić information content (AvgIpc) is 3.32. The molecule has 0 aliphatic heterocycles. The molecule has 6 rings (SSSR count). The highest BCUT2D eigenvalue weighted by Gasteiger charge is 2.17. The molecule has 0 unspecified atom stereocenters. The lowest BCUT2D eigenvalue weighted by Crippen LogP contribution is -1.94. The van der Waals surface area contributed by atoms with Gasteiger partial charge in [0.05, 0.1) is 11.2 Å². The summed E-state index contributed by atoms with van der Waals surface area (Å²) in [6, 6.07) is 15.1. The molecule has 2 aromatic carbocycles. The molecule has 0 bridgehead atoms. The van der Waals surface area contributed by atoms with E-state index in [1.165, 1.54) is 36.4 Å². The molecular formula is C29H23N3O. The second-order valence-corrected chi connectivity index (χ2v) is 7.70. The van der Waals surface area contributed by atoms with Crippen LogP contribution in [0.15, 0.2) is 71.3 Å². The first-order chi connectivity index (χ1) is 20.8. The number of benzene rings is 2. The zero-order chi connectivity index (χ0) is 32.7. The molecule has 0 spiro atoms. The fourth-order valence-corrected chi connectivity index (χ4v) is 4.18. The summed E-state index contributed by atoms with van der Waals surface area (Å²) in [5, 5.41) is 1.43. The molecular weight excluding hydrogens is 406 g/mol. The van der Waals surface area contributed by atoms with Crippen molar-refractivity contribution in [2.75, 3.05) is 0 Å². The van der Waals surface area contributed by atoms with Gasteiger partial charge in [-0.3, -0.25) is 9.97 Å². The quantitative estimate of drug-likeness (QED) is 0.279. The molecule has 0 N–H and O–H groups in total. The Morgan fingerprint density at radius 2 is 1.58 bits per heavy atom. The number of furan rings is 1. The molecule has 0 atom stereocenters. The van der Waals surface area contributed by atoms with Crippen LogP contribution < -0.4 is 0 Å². The van der Waals surface area contributed by atoms with Gasteiger partial charge in [0.15, 0.2) is 0 Å². The molecule has 0 saturated heterocycles.